The van der Waals surface area contributed by atoms with E-state index in [1.54, 1.807) is 7.11 Å². The Bertz CT molecular complexity index is 224. The molecule has 13 heavy (non-hydrogen) atoms. The Morgan fingerprint density at radius 3 is 2.23 bits per heavy atom. The molecule has 0 saturated heterocycles. The molecule has 2 nitrogen and oxygen atoms in total. The average molecular weight is 184 g/mol. The van der Waals surface area contributed by atoms with E-state index in [0.29, 0.717) is 17.3 Å². The Morgan fingerprint density at radius 1 is 1.23 bits per heavy atom. The molecule has 0 spiro atoms. The summed E-state index contributed by atoms with van der Waals surface area (Å²) in [6, 6.07) is 0. The number of hydrogen-bond acceptors (Lipinski definition) is 2. The van der Waals surface area contributed by atoms with Gasteiger partial charge in [-0.3, -0.25) is 0 Å². The molecule has 0 aromatic carbocycles. The van der Waals surface area contributed by atoms with Crippen molar-refractivity contribution in [1.82, 2.24) is 0 Å². The third-order valence-corrected chi connectivity index (χ3v) is 4.77. The second-order valence-electron chi connectivity index (χ2n) is 5.45. The van der Waals surface area contributed by atoms with Crippen LogP contribution in [0.25, 0.3) is 0 Å². The van der Waals surface area contributed by atoms with Crippen molar-refractivity contribution in [3.63, 3.8) is 0 Å². The van der Waals surface area contributed by atoms with Gasteiger partial charge in [-0.05, 0) is 37.0 Å². The molecule has 3 fully saturated rings. The van der Waals surface area contributed by atoms with E-state index in [2.05, 4.69) is 20.8 Å². The number of fused-ring (bicyclic) bond motifs is 2. The lowest BCUT2D eigenvalue weighted by Crippen LogP contribution is -2.67. The van der Waals surface area contributed by atoms with Crippen LogP contribution in [0.4, 0.5) is 0 Å². The van der Waals surface area contributed by atoms with Gasteiger partial charge in [-0.1, -0.05) is 13.8 Å². The Balaban J connectivity index is 2.27. The van der Waals surface area contributed by atoms with Gasteiger partial charge in [-0.15, -0.1) is 0 Å². The average Bonchev–Trinajstić information content (AvgIpc) is 2.08. The van der Waals surface area contributed by atoms with Gasteiger partial charge in [0, 0.05) is 7.11 Å². The molecule has 0 aromatic heterocycles. The smallest absolute Gasteiger partial charge is 0.0941 e. The van der Waals surface area contributed by atoms with Gasteiger partial charge >= 0.3 is 0 Å². The molecule has 1 N–H and O–H groups in total. The lowest BCUT2D eigenvalue weighted by Gasteiger charge is -2.65. The Morgan fingerprint density at radius 2 is 1.85 bits per heavy atom. The monoisotopic (exact) mass is 184 g/mol. The van der Waals surface area contributed by atoms with Crippen molar-refractivity contribution in [2.24, 2.45) is 17.3 Å². The number of aliphatic hydroxyl groups excluding tert-OH is 1. The summed E-state index contributed by atoms with van der Waals surface area (Å²) in [6.07, 6.45) is 1.87. The molecule has 0 radical (unpaired) electrons. The first-order valence-electron chi connectivity index (χ1n) is 5.16. The maximum Gasteiger partial charge on any atom is 0.0941 e. The van der Waals surface area contributed by atoms with Crippen molar-refractivity contribution in [3.8, 4) is 0 Å². The summed E-state index contributed by atoms with van der Waals surface area (Å²) in [6.45, 7) is 6.66. The zero-order valence-corrected chi connectivity index (χ0v) is 9.00. The van der Waals surface area contributed by atoms with Gasteiger partial charge in [-0.25, -0.2) is 0 Å². The molecule has 0 aromatic rings. The molecule has 3 aliphatic rings. The highest BCUT2D eigenvalue weighted by Crippen LogP contribution is 2.63. The summed E-state index contributed by atoms with van der Waals surface area (Å²) >= 11 is 0. The van der Waals surface area contributed by atoms with Gasteiger partial charge in [0.15, 0.2) is 0 Å². The van der Waals surface area contributed by atoms with Crippen LogP contribution in [-0.2, 0) is 4.74 Å². The maximum atomic E-state index is 9.94. The highest BCUT2D eigenvalue weighted by atomic mass is 16.5. The minimum atomic E-state index is -0.307. The third kappa shape index (κ3) is 0.962. The normalized spacial score (nSPS) is 52.8. The SMILES string of the molecule is CO[C@]1(C)[C@H](O)C[C@@H]2C[C@H]1C2(C)C. The molecule has 4 atom stereocenters. The molecule has 0 amide bonds. The number of rotatable bonds is 1. The second kappa shape index (κ2) is 2.48. The lowest BCUT2D eigenvalue weighted by atomic mass is 9.43. The third-order valence-electron chi connectivity index (χ3n) is 4.77. The van der Waals surface area contributed by atoms with E-state index in [1.807, 2.05) is 0 Å². The van der Waals surface area contributed by atoms with Crippen LogP contribution in [0.2, 0.25) is 0 Å². The minimum absolute atomic E-state index is 0.269. The summed E-state index contributed by atoms with van der Waals surface area (Å²) in [4.78, 5) is 0. The Labute approximate surface area is 80.3 Å². The fraction of sp³-hybridized carbons (Fsp3) is 1.00. The van der Waals surface area contributed by atoms with E-state index >= 15 is 0 Å². The summed E-state index contributed by atoms with van der Waals surface area (Å²) in [5.41, 5.74) is 0.0578. The lowest BCUT2D eigenvalue weighted by molar-refractivity contribution is -0.256. The minimum Gasteiger partial charge on any atom is -0.390 e. The molecule has 0 heterocycles. The topological polar surface area (TPSA) is 29.5 Å². The zero-order chi connectivity index (χ0) is 9.85. The van der Waals surface area contributed by atoms with E-state index in [-0.39, 0.29) is 11.7 Å². The Hall–Kier alpha value is -0.0800. The van der Waals surface area contributed by atoms with Crippen molar-refractivity contribution in [2.75, 3.05) is 7.11 Å². The van der Waals surface area contributed by atoms with Crippen LogP contribution >= 0.6 is 0 Å². The predicted molar refractivity (Wildman–Crippen MR) is 51.4 cm³/mol. The fourth-order valence-electron chi connectivity index (χ4n) is 3.40. The summed E-state index contributed by atoms with van der Waals surface area (Å²) in [7, 11) is 1.72. The van der Waals surface area contributed by atoms with Crippen LogP contribution in [-0.4, -0.2) is 23.9 Å². The molecule has 0 unspecified atom stereocenters. The van der Waals surface area contributed by atoms with E-state index in [9.17, 15) is 5.11 Å². The van der Waals surface area contributed by atoms with E-state index in [0.717, 1.165) is 6.42 Å². The van der Waals surface area contributed by atoms with Crippen molar-refractivity contribution in [1.29, 1.82) is 0 Å². The second-order valence-corrected chi connectivity index (χ2v) is 5.45. The van der Waals surface area contributed by atoms with Crippen molar-refractivity contribution in [2.45, 2.75) is 45.3 Å². The quantitative estimate of drug-likeness (QED) is 0.673. The van der Waals surface area contributed by atoms with Crippen LogP contribution in [0.1, 0.15) is 33.6 Å². The first-order chi connectivity index (χ1) is 5.93. The molecule has 2 heteroatoms. The van der Waals surface area contributed by atoms with Gasteiger partial charge in [-0.2, -0.15) is 0 Å². The number of hydrogen-bond donors (Lipinski definition) is 1. The van der Waals surface area contributed by atoms with Crippen LogP contribution in [0, 0.1) is 17.3 Å². The van der Waals surface area contributed by atoms with Crippen molar-refractivity contribution >= 4 is 0 Å². The summed E-state index contributed by atoms with van der Waals surface area (Å²) in [5, 5.41) is 9.94. The largest absolute Gasteiger partial charge is 0.390 e. The Kier molecular flexibility index (Phi) is 1.81. The highest BCUT2D eigenvalue weighted by Gasteiger charge is 2.63. The molecule has 2 bridgehead atoms. The molecular weight excluding hydrogens is 164 g/mol. The first-order valence-corrected chi connectivity index (χ1v) is 5.16. The number of methoxy groups -OCH3 is 1. The van der Waals surface area contributed by atoms with Gasteiger partial charge in [0.1, 0.15) is 0 Å². The van der Waals surface area contributed by atoms with Gasteiger partial charge in [0.05, 0.1) is 11.7 Å². The van der Waals surface area contributed by atoms with E-state index < -0.39 is 0 Å². The maximum absolute atomic E-state index is 9.94. The van der Waals surface area contributed by atoms with Gasteiger partial charge in [0.25, 0.3) is 0 Å². The molecule has 3 rings (SSSR count). The summed E-state index contributed by atoms with van der Waals surface area (Å²) < 4.78 is 5.53. The van der Waals surface area contributed by atoms with Gasteiger partial charge in [0.2, 0.25) is 0 Å². The number of aliphatic hydroxyl groups is 1. The van der Waals surface area contributed by atoms with Crippen LogP contribution in [0.3, 0.4) is 0 Å². The highest BCUT2D eigenvalue weighted by molar-refractivity contribution is 5.13. The molecule has 3 aliphatic carbocycles. The van der Waals surface area contributed by atoms with Crippen molar-refractivity contribution in [3.05, 3.63) is 0 Å². The molecule has 3 saturated carbocycles. The van der Waals surface area contributed by atoms with Crippen LogP contribution in [0.15, 0.2) is 0 Å². The predicted octanol–water partition coefficient (Wildman–Crippen LogP) is 1.82. The van der Waals surface area contributed by atoms with Gasteiger partial charge < -0.3 is 9.84 Å². The zero-order valence-electron chi connectivity index (χ0n) is 9.00. The molecule has 76 valence electrons. The van der Waals surface area contributed by atoms with E-state index in [4.69, 9.17) is 4.74 Å². The first kappa shape index (κ1) is 9.47. The van der Waals surface area contributed by atoms with Crippen molar-refractivity contribution < 1.29 is 9.84 Å². The molecule has 0 aliphatic heterocycles. The number of ether oxygens (including phenoxy) is 1. The molecular formula is C11H20O2. The summed E-state index contributed by atoms with van der Waals surface area (Å²) in [5.74, 6) is 1.23. The standard InChI is InChI=1S/C11H20O2/c1-10(2)7-5-8(10)11(3,13-4)9(12)6-7/h7-9,12H,5-6H2,1-4H3/t7-,8-,9+,11-/m0/s1. The fourth-order valence-corrected chi connectivity index (χ4v) is 3.40. The van der Waals surface area contributed by atoms with E-state index in [1.165, 1.54) is 6.42 Å². The van der Waals surface area contributed by atoms with Crippen LogP contribution in [0.5, 0.6) is 0 Å². The van der Waals surface area contributed by atoms with Crippen LogP contribution < -0.4 is 0 Å².